The first-order valence-electron chi connectivity index (χ1n) is 8.49. The molecule has 1 nitrogen and oxygen atoms in total. The van der Waals surface area contributed by atoms with Gasteiger partial charge in [0.25, 0.3) is 0 Å². The Morgan fingerprint density at radius 1 is 0.900 bits per heavy atom. The van der Waals surface area contributed by atoms with E-state index in [4.69, 9.17) is 0 Å². The van der Waals surface area contributed by atoms with E-state index in [-0.39, 0.29) is 0 Å². The van der Waals surface area contributed by atoms with Gasteiger partial charge in [-0.2, -0.15) is 0 Å². The first-order chi connectivity index (χ1) is 9.79. The molecule has 0 aromatic heterocycles. The Labute approximate surface area is 126 Å². The van der Waals surface area contributed by atoms with Gasteiger partial charge in [-0.25, -0.2) is 0 Å². The van der Waals surface area contributed by atoms with Crippen LogP contribution in [0.5, 0.6) is 0 Å². The van der Waals surface area contributed by atoms with Crippen molar-refractivity contribution in [2.75, 3.05) is 13.6 Å². The third-order valence-corrected chi connectivity index (χ3v) is 4.30. The maximum absolute atomic E-state index is 3.88. The van der Waals surface area contributed by atoms with Crippen LogP contribution < -0.4 is 0 Å². The van der Waals surface area contributed by atoms with E-state index in [0.29, 0.717) is 0 Å². The molecule has 0 aromatic carbocycles. The van der Waals surface area contributed by atoms with Crippen LogP contribution in [-0.4, -0.2) is 18.5 Å². The number of allylic oxidation sites excluding steroid dienone is 4. The predicted octanol–water partition coefficient (Wildman–Crippen LogP) is 5.85. The van der Waals surface area contributed by atoms with Crippen molar-refractivity contribution in [2.24, 2.45) is 0 Å². The molecule has 1 rings (SSSR count). The minimum atomic E-state index is 1.16. The molecule has 1 saturated heterocycles. The molecule has 0 N–H and O–H groups in total. The van der Waals surface area contributed by atoms with Gasteiger partial charge in [0.15, 0.2) is 0 Å². The Bertz CT molecular complexity index is 325. The molecule has 0 aromatic rings. The number of likely N-dealkylation sites (N-methyl/N-ethyl adjacent to an activating group) is 1. The summed E-state index contributed by atoms with van der Waals surface area (Å²) in [4.78, 5) is 2.42. The molecular weight excluding hydrogens is 242 g/mol. The van der Waals surface area contributed by atoms with Gasteiger partial charge in [-0.1, -0.05) is 63.7 Å². The highest BCUT2D eigenvalue weighted by Gasteiger charge is 2.09. The molecule has 0 atom stereocenters. The average Bonchev–Trinajstić information content (AvgIpc) is 2.46. The van der Waals surface area contributed by atoms with Gasteiger partial charge >= 0.3 is 0 Å². The van der Waals surface area contributed by atoms with E-state index >= 15 is 0 Å². The zero-order valence-corrected chi connectivity index (χ0v) is 13.7. The molecule has 0 radical (unpaired) electrons. The zero-order chi connectivity index (χ0) is 14.6. The highest BCUT2D eigenvalue weighted by atomic mass is 15.1. The van der Waals surface area contributed by atoms with Crippen molar-refractivity contribution in [1.29, 1.82) is 0 Å². The van der Waals surface area contributed by atoms with E-state index in [1.807, 2.05) is 6.08 Å². The van der Waals surface area contributed by atoms with Crippen LogP contribution in [-0.2, 0) is 0 Å². The van der Waals surface area contributed by atoms with Crippen LogP contribution in [0.15, 0.2) is 36.1 Å². The lowest BCUT2D eigenvalue weighted by atomic mass is 10.00. The molecule has 0 saturated carbocycles. The molecule has 1 aliphatic rings. The lowest BCUT2D eigenvalue weighted by molar-refractivity contribution is 0.397. The normalized spacial score (nSPS) is 24.6. The molecule has 1 aliphatic heterocycles. The van der Waals surface area contributed by atoms with Crippen molar-refractivity contribution in [1.82, 2.24) is 4.90 Å². The second-order valence-electron chi connectivity index (χ2n) is 5.96. The Morgan fingerprint density at radius 2 is 1.45 bits per heavy atom. The molecular formula is C19H33N. The fraction of sp³-hybridized carbons (Fsp3) is 0.684. The van der Waals surface area contributed by atoms with Crippen LogP contribution in [0.4, 0.5) is 0 Å². The molecule has 1 heteroatoms. The first kappa shape index (κ1) is 17.1. The Balaban J connectivity index is 2.70. The zero-order valence-electron chi connectivity index (χ0n) is 13.7. The molecule has 1 fully saturated rings. The Hall–Kier alpha value is -0.980. The summed E-state index contributed by atoms with van der Waals surface area (Å²) in [5.41, 5.74) is 2.86. The largest absolute Gasteiger partial charge is 0.374 e. The van der Waals surface area contributed by atoms with Gasteiger partial charge in [-0.15, -0.1) is 0 Å². The van der Waals surface area contributed by atoms with Gasteiger partial charge in [0.05, 0.1) is 0 Å². The summed E-state index contributed by atoms with van der Waals surface area (Å²) in [6.45, 7) is 7.22. The Morgan fingerprint density at radius 3 is 2.00 bits per heavy atom. The van der Waals surface area contributed by atoms with Crippen LogP contribution in [0.25, 0.3) is 0 Å². The lowest BCUT2D eigenvalue weighted by Crippen LogP contribution is -2.20. The van der Waals surface area contributed by atoms with Crippen molar-refractivity contribution in [3.05, 3.63) is 36.1 Å². The van der Waals surface area contributed by atoms with Crippen molar-refractivity contribution in [3.63, 3.8) is 0 Å². The third kappa shape index (κ3) is 6.45. The van der Waals surface area contributed by atoms with Gasteiger partial charge < -0.3 is 4.90 Å². The van der Waals surface area contributed by atoms with Crippen LogP contribution in [0.3, 0.4) is 0 Å². The first-order valence-corrected chi connectivity index (χ1v) is 8.49. The summed E-state index contributed by atoms with van der Waals surface area (Å²) in [5.74, 6) is 0. The summed E-state index contributed by atoms with van der Waals surface area (Å²) >= 11 is 0. The van der Waals surface area contributed by atoms with E-state index in [2.05, 4.69) is 37.6 Å². The van der Waals surface area contributed by atoms with Crippen molar-refractivity contribution >= 4 is 0 Å². The summed E-state index contributed by atoms with van der Waals surface area (Å²) in [6, 6.07) is 0. The molecule has 0 spiro atoms. The topological polar surface area (TPSA) is 3.24 Å². The average molecular weight is 275 g/mol. The molecule has 0 amide bonds. The highest BCUT2D eigenvalue weighted by Crippen LogP contribution is 2.22. The van der Waals surface area contributed by atoms with Crippen LogP contribution >= 0.6 is 0 Å². The predicted molar refractivity (Wildman–Crippen MR) is 90.8 cm³/mol. The maximum atomic E-state index is 3.88. The van der Waals surface area contributed by atoms with E-state index in [0.717, 1.165) is 6.54 Å². The SMILES string of the molecule is C=C/C=C1\C(=C/C)CCCCCCCCCCCN1C. The highest BCUT2D eigenvalue weighted by molar-refractivity contribution is 5.31. The number of nitrogens with zero attached hydrogens (tertiary/aromatic N) is 1. The molecule has 114 valence electrons. The number of rotatable bonds is 1. The fourth-order valence-corrected chi connectivity index (χ4v) is 3.03. The van der Waals surface area contributed by atoms with Crippen molar-refractivity contribution in [2.45, 2.75) is 71.1 Å². The van der Waals surface area contributed by atoms with E-state index in [1.165, 1.54) is 75.5 Å². The smallest absolute Gasteiger partial charge is 0.0392 e. The molecule has 0 aliphatic carbocycles. The second kappa shape index (κ2) is 10.8. The Kier molecular flexibility index (Phi) is 9.19. The van der Waals surface area contributed by atoms with Gasteiger partial charge in [-0.3, -0.25) is 0 Å². The van der Waals surface area contributed by atoms with E-state index in [9.17, 15) is 0 Å². The lowest BCUT2D eigenvalue weighted by Gasteiger charge is -2.25. The monoisotopic (exact) mass is 275 g/mol. The molecule has 1 heterocycles. The van der Waals surface area contributed by atoms with E-state index in [1.54, 1.807) is 0 Å². The molecule has 0 bridgehead atoms. The molecule has 20 heavy (non-hydrogen) atoms. The van der Waals surface area contributed by atoms with Crippen LogP contribution in [0, 0.1) is 0 Å². The fourth-order valence-electron chi connectivity index (χ4n) is 3.03. The minimum absolute atomic E-state index is 1.16. The van der Waals surface area contributed by atoms with Crippen LogP contribution in [0.1, 0.15) is 71.1 Å². The van der Waals surface area contributed by atoms with Crippen LogP contribution in [0.2, 0.25) is 0 Å². The van der Waals surface area contributed by atoms with Crippen molar-refractivity contribution < 1.29 is 0 Å². The van der Waals surface area contributed by atoms with Gasteiger partial charge in [-0.05, 0) is 37.8 Å². The summed E-state index contributed by atoms with van der Waals surface area (Å²) in [5, 5.41) is 0. The summed E-state index contributed by atoms with van der Waals surface area (Å²) in [6.07, 6.45) is 20.1. The van der Waals surface area contributed by atoms with Gasteiger partial charge in [0.2, 0.25) is 0 Å². The standard InChI is InChI=1S/C19H33N/c1-4-15-19-18(5-2)16-13-11-9-7-6-8-10-12-14-17-20(19)3/h4-5,15H,1,6-14,16-17H2,2-3H3/b18-5-,19-15+. The number of hydrogen-bond donors (Lipinski definition) is 0. The van der Waals surface area contributed by atoms with Crippen molar-refractivity contribution in [3.8, 4) is 0 Å². The second-order valence-corrected chi connectivity index (χ2v) is 5.96. The quantitative estimate of drug-likeness (QED) is 0.580. The minimum Gasteiger partial charge on any atom is -0.374 e. The van der Waals surface area contributed by atoms with Gasteiger partial charge in [0.1, 0.15) is 0 Å². The number of hydrogen-bond acceptors (Lipinski definition) is 1. The third-order valence-electron chi connectivity index (χ3n) is 4.30. The van der Waals surface area contributed by atoms with Gasteiger partial charge in [0, 0.05) is 19.3 Å². The maximum Gasteiger partial charge on any atom is 0.0392 e. The molecule has 0 unspecified atom stereocenters. The summed E-state index contributed by atoms with van der Waals surface area (Å²) in [7, 11) is 2.23. The summed E-state index contributed by atoms with van der Waals surface area (Å²) < 4.78 is 0. The van der Waals surface area contributed by atoms with E-state index < -0.39 is 0 Å².